The first kappa shape index (κ1) is 26.5. The lowest BCUT2D eigenvalue weighted by molar-refractivity contribution is 0.102. The summed E-state index contributed by atoms with van der Waals surface area (Å²) in [5, 5.41) is 1.11. The highest BCUT2D eigenvalue weighted by molar-refractivity contribution is 5.91. The van der Waals surface area contributed by atoms with E-state index in [2.05, 4.69) is 70.6 Å². The largest absolute Gasteiger partial charge is 0.382 e. The molecule has 0 bridgehead atoms. The van der Waals surface area contributed by atoms with E-state index in [-0.39, 0.29) is 0 Å². The zero-order chi connectivity index (χ0) is 27.5. The molecule has 0 spiro atoms. The number of nitrogens with two attached hydrogens (primary N) is 1. The summed E-state index contributed by atoms with van der Waals surface area (Å²) < 4.78 is 2.18. The van der Waals surface area contributed by atoms with Crippen molar-refractivity contribution in [1.82, 2.24) is 24.3 Å². The molecule has 1 aliphatic rings. The van der Waals surface area contributed by atoms with Crippen LogP contribution in [0.1, 0.15) is 70.5 Å². The summed E-state index contributed by atoms with van der Waals surface area (Å²) in [6, 6.07) is 21.6. The lowest BCUT2D eigenvalue weighted by Crippen LogP contribution is -2.45. The zero-order valence-corrected chi connectivity index (χ0v) is 23.8. The minimum absolute atomic E-state index is 0.423. The van der Waals surface area contributed by atoms with Crippen LogP contribution in [0.15, 0.2) is 73.1 Å². The van der Waals surface area contributed by atoms with Gasteiger partial charge in [0.05, 0.1) is 11.2 Å². The first-order valence-electron chi connectivity index (χ1n) is 15.0. The van der Waals surface area contributed by atoms with Gasteiger partial charge in [-0.1, -0.05) is 81.6 Å². The average Bonchev–Trinajstić information content (AvgIpc) is 3.35. The fraction of sp³-hybridized carbons (Fsp3) is 0.382. The van der Waals surface area contributed by atoms with Gasteiger partial charge in [0.1, 0.15) is 22.9 Å². The lowest BCUT2D eigenvalue weighted by Gasteiger charge is -2.42. The van der Waals surface area contributed by atoms with Crippen molar-refractivity contribution in [1.29, 1.82) is 0 Å². The maximum absolute atomic E-state index is 6.48. The Kier molecular flexibility index (Phi) is 7.78. The summed E-state index contributed by atoms with van der Waals surface area (Å²) in [5.74, 6) is 2.04. The number of rotatable bonds is 11. The number of fused-ring (bicyclic) bond motifs is 2. The van der Waals surface area contributed by atoms with Crippen LogP contribution < -0.4 is 5.73 Å². The summed E-state index contributed by atoms with van der Waals surface area (Å²) in [5.41, 5.74) is 12.3. The maximum atomic E-state index is 6.48. The van der Waals surface area contributed by atoms with E-state index in [1.165, 1.54) is 45.2 Å². The van der Waals surface area contributed by atoms with E-state index in [9.17, 15) is 0 Å². The Morgan fingerprint density at radius 1 is 0.875 bits per heavy atom. The Morgan fingerprint density at radius 2 is 1.65 bits per heavy atom. The standard InChI is InChI=1S/C34H40N6/c1-3-5-10-19-39(18-6-4-2)28-21-27(22-28)34-38-31(32-33(35)36-17-20-40(32)34)26-14-13-25-15-16-29(37-30(25)23-26)24-11-8-7-9-12-24/h7-9,11-17,20,23,27-28H,3-6,10,18-19,21-22H2,1-2H3,(H2,35,36)/t27-,28+. The molecule has 2 N–H and O–H groups in total. The molecule has 1 aliphatic carbocycles. The van der Waals surface area contributed by atoms with Crippen LogP contribution in [0.4, 0.5) is 5.82 Å². The van der Waals surface area contributed by atoms with Crippen LogP contribution >= 0.6 is 0 Å². The third kappa shape index (κ3) is 5.20. The number of anilines is 1. The van der Waals surface area contributed by atoms with E-state index in [1.54, 1.807) is 6.20 Å². The van der Waals surface area contributed by atoms with Crippen LogP contribution in [-0.4, -0.2) is 43.4 Å². The third-order valence-corrected chi connectivity index (χ3v) is 8.49. The second-order valence-electron chi connectivity index (χ2n) is 11.2. The predicted octanol–water partition coefficient (Wildman–Crippen LogP) is 7.73. The maximum Gasteiger partial charge on any atom is 0.150 e. The van der Waals surface area contributed by atoms with E-state index in [0.29, 0.717) is 17.8 Å². The van der Waals surface area contributed by atoms with Crippen LogP contribution in [-0.2, 0) is 0 Å². The number of hydrogen-bond donors (Lipinski definition) is 1. The molecule has 1 fully saturated rings. The Labute approximate surface area is 237 Å². The first-order chi connectivity index (χ1) is 19.7. The van der Waals surface area contributed by atoms with Crippen LogP contribution in [0.3, 0.4) is 0 Å². The normalized spacial score (nSPS) is 17.1. The van der Waals surface area contributed by atoms with Crippen molar-refractivity contribution in [2.45, 2.75) is 70.8 Å². The quantitative estimate of drug-likeness (QED) is 0.176. The topological polar surface area (TPSA) is 72.3 Å². The van der Waals surface area contributed by atoms with Crippen LogP contribution in [0.2, 0.25) is 0 Å². The van der Waals surface area contributed by atoms with E-state index >= 15 is 0 Å². The molecule has 40 heavy (non-hydrogen) atoms. The minimum Gasteiger partial charge on any atom is -0.382 e. The molecular weight excluding hydrogens is 492 g/mol. The van der Waals surface area contributed by atoms with E-state index in [0.717, 1.165) is 57.6 Å². The fourth-order valence-corrected chi connectivity index (χ4v) is 6.11. The zero-order valence-electron chi connectivity index (χ0n) is 23.8. The number of benzene rings is 2. The molecule has 0 amide bonds. The van der Waals surface area contributed by atoms with Crippen molar-refractivity contribution < 1.29 is 0 Å². The van der Waals surface area contributed by atoms with Crippen molar-refractivity contribution in [3.05, 3.63) is 78.9 Å². The first-order valence-corrected chi connectivity index (χ1v) is 15.0. The number of nitrogens with zero attached hydrogens (tertiary/aromatic N) is 5. The number of nitrogen functional groups attached to an aromatic ring is 1. The summed E-state index contributed by atoms with van der Waals surface area (Å²) in [6.45, 7) is 6.99. The molecule has 2 aromatic carbocycles. The summed E-state index contributed by atoms with van der Waals surface area (Å²) in [4.78, 5) is 17.4. The van der Waals surface area contributed by atoms with E-state index in [4.69, 9.17) is 15.7 Å². The van der Waals surface area contributed by atoms with Crippen LogP contribution in [0.25, 0.3) is 38.9 Å². The summed E-state index contributed by atoms with van der Waals surface area (Å²) in [7, 11) is 0. The van der Waals surface area contributed by atoms with Gasteiger partial charge in [-0.3, -0.25) is 4.40 Å². The molecule has 6 nitrogen and oxygen atoms in total. The van der Waals surface area contributed by atoms with Gasteiger partial charge in [0.2, 0.25) is 0 Å². The van der Waals surface area contributed by atoms with Gasteiger partial charge in [0.15, 0.2) is 0 Å². The van der Waals surface area contributed by atoms with E-state index < -0.39 is 0 Å². The molecule has 0 unspecified atom stereocenters. The minimum atomic E-state index is 0.423. The van der Waals surface area contributed by atoms with Gasteiger partial charge in [-0.15, -0.1) is 0 Å². The average molecular weight is 533 g/mol. The molecule has 0 saturated heterocycles. The monoisotopic (exact) mass is 532 g/mol. The van der Waals surface area contributed by atoms with E-state index in [1.807, 2.05) is 24.4 Å². The number of pyridine rings is 1. The van der Waals surface area contributed by atoms with Gasteiger partial charge in [-0.25, -0.2) is 15.0 Å². The Bertz CT molecular complexity index is 1580. The number of hydrogen-bond acceptors (Lipinski definition) is 5. The van der Waals surface area contributed by atoms with Crippen molar-refractivity contribution in [3.63, 3.8) is 0 Å². The van der Waals surface area contributed by atoms with Gasteiger partial charge in [-0.05, 0) is 50.9 Å². The van der Waals surface area contributed by atoms with Crippen molar-refractivity contribution in [2.75, 3.05) is 18.8 Å². The molecule has 6 heteroatoms. The molecule has 0 radical (unpaired) electrons. The van der Waals surface area contributed by atoms with Gasteiger partial charge < -0.3 is 10.6 Å². The second kappa shape index (κ2) is 11.8. The smallest absolute Gasteiger partial charge is 0.150 e. The van der Waals surface area contributed by atoms with Crippen molar-refractivity contribution in [3.8, 4) is 22.5 Å². The molecule has 1 saturated carbocycles. The Hall–Kier alpha value is -3.77. The molecule has 6 rings (SSSR count). The van der Waals surface area contributed by atoms with Gasteiger partial charge in [0.25, 0.3) is 0 Å². The highest BCUT2D eigenvalue weighted by atomic mass is 15.2. The van der Waals surface area contributed by atoms with Gasteiger partial charge >= 0.3 is 0 Å². The van der Waals surface area contributed by atoms with Gasteiger partial charge in [-0.2, -0.15) is 0 Å². The predicted molar refractivity (Wildman–Crippen MR) is 165 cm³/mol. The molecule has 0 atom stereocenters. The molecule has 3 aromatic heterocycles. The van der Waals surface area contributed by atoms with Crippen LogP contribution in [0.5, 0.6) is 0 Å². The molecule has 206 valence electrons. The third-order valence-electron chi connectivity index (χ3n) is 8.49. The molecule has 0 aliphatic heterocycles. The molecular formula is C34H40N6. The van der Waals surface area contributed by atoms with Crippen molar-refractivity contribution in [2.24, 2.45) is 0 Å². The number of aromatic nitrogens is 4. The molecule has 5 aromatic rings. The highest BCUT2D eigenvalue weighted by Gasteiger charge is 2.37. The lowest BCUT2D eigenvalue weighted by atomic mass is 9.78. The Morgan fingerprint density at radius 3 is 2.45 bits per heavy atom. The van der Waals surface area contributed by atoms with Crippen LogP contribution in [0, 0.1) is 0 Å². The highest BCUT2D eigenvalue weighted by Crippen LogP contribution is 2.42. The van der Waals surface area contributed by atoms with Gasteiger partial charge in [0, 0.05) is 40.9 Å². The number of imidazole rings is 1. The summed E-state index contributed by atoms with van der Waals surface area (Å²) >= 11 is 0. The fourth-order valence-electron chi connectivity index (χ4n) is 6.11. The SMILES string of the molecule is CCCCCN(CCCC)[C@H]1C[C@@H](c2nc(-c3ccc4ccc(-c5ccccc5)nc4c3)c3c(N)nccn32)C1. The summed E-state index contributed by atoms with van der Waals surface area (Å²) in [6.07, 6.45) is 12.5. The number of unbranched alkanes of at least 4 members (excludes halogenated alkanes) is 3. The Balaban J connectivity index is 1.31. The molecule has 3 heterocycles. The second-order valence-corrected chi connectivity index (χ2v) is 11.2. The van der Waals surface area contributed by atoms with Crippen molar-refractivity contribution >= 4 is 22.2 Å².